The molecule has 2 aromatic carbocycles. The number of alkyl halides is 6. The summed E-state index contributed by atoms with van der Waals surface area (Å²) < 4.78 is 173. The van der Waals surface area contributed by atoms with E-state index < -0.39 is 76.4 Å². The first kappa shape index (κ1) is 35.1. The van der Waals surface area contributed by atoms with Crippen molar-refractivity contribution in [3.63, 3.8) is 0 Å². The van der Waals surface area contributed by atoms with Gasteiger partial charge in [-0.1, -0.05) is 26.0 Å². The lowest BCUT2D eigenvalue weighted by Gasteiger charge is -2.32. The lowest BCUT2D eigenvalue weighted by molar-refractivity contribution is -0.247. The van der Waals surface area contributed by atoms with Crippen molar-refractivity contribution in [2.45, 2.75) is 42.6 Å². The first-order chi connectivity index (χ1) is 19.0. The molecule has 0 N–H and O–H groups in total. The zero-order valence-electron chi connectivity index (χ0n) is 21.3. The minimum atomic E-state index is -7.46. The standard InChI is InChI=1S/C22H22F6O11S3/c1-3-14(2)15-4-8-17(9-5-15)38-40(30,31)13-12-37-19(29)16-6-10-18(11-7-16)39-42(35,36)22(27,28)20(23,24)21(25,26)41(32,33)34/h4-11,14H,3,12-13H2,1-2H3,(H,32,33,34)/p-1. The molecule has 2 aromatic rings. The van der Waals surface area contributed by atoms with Crippen molar-refractivity contribution in [2.24, 2.45) is 0 Å². The van der Waals surface area contributed by atoms with Crippen LogP contribution >= 0.6 is 0 Å². The number of hydrogen-bond donors (Lipinski definition) is 0. The highest BCUT2D eigenvalue weighted by atomic mass is 32.2. The van der Waals surface area contributed by atoms with Crippen molar-refractivity contribution in [1.82, 2.24) is 0 Å². The molecule has 0 saturated heterocycles. The van der Waals surface area contributed by atoms with E-state index in [0.717, 1.165) is 12.0 Å². The van der Waals surface area contributed by atoms with Gasteiger partial charge in [0.1, 0.15) is 23.9 Å². The summed E-state index contributed by atoms with van der Waals surface area (Å²) in [6.45, 7) is 3.21. The van der Waals surface area contributed by atoms with Crippen LogP contribution in [0, 0.1) is 0 Å². The molecule has 42 heavy (non-hydrogen) atoms. The van der Waals surface area contributed by atoms with Crippen LogP contribution in [0.4, 0.5) is 26.3 Å². The molecule has 0 spiro atoms. The third-order valence-electron chi connectivity index (χ3n) is 5.51. The molecule has 0 fully saturated rings. The number of carbonyl (C=O) groups is 1. The van der Waals surface area contributed by atoms with E-state index in [2.05, 4.69) is 4.18 Å². The van der Waals surface area contributed by atoms with Gasteiger partial charge in [0.2, 0.25) is 0 Å². The lowest BCUT2D eigenvalue weighted by atomic mass is 9.99. The van der Waals surface area contributed by atoms with Gasteiger partial charge in [0.15, 0.2) is 10.1 Å². The Morgan fingerprint density at radius 2 is 1.29 bits per heavy atom. The number of halogens is 6. The van der Waals surface area contributed by atoms with Gasteiger partial charge in [-0.2, -0.15) is 43.2 Å². The summed E-state index contributed by atoms with van der Waals surface area (Å²) in [5.41, 5.74) is 0.493. The molecule has 0 aliphatic rings. The fourth-order valence-corrected chi connectivity index (χ4v) is 5.10. The predicted octanol–water partition coefficient (Wildman–Crippen LogP) is 3.84. The normalized spacial score (nSPS) is 14.2. The molecule has 1 unspecified atom stereocenters. The van der Waals surface area contributed by atoms with Crippen LogP contribution in [-0.2, 0) is 35.1 Å². The first-order valence-electron chi connectivity index (χ1n) is 11.3. The zero-order valence-corrected chi connectivity index (χ0v) is 23.8. The minimum absolute atomic E-state index is 0.000585. The third kappa shape index (κ3) is 7.45. The summed E-state index contributed by atoms with van der Waals surface area (Å²) in [6.07, 6.45) is 0.854. The molecule has 0 saturated carbocycles. The summed E-state index contributed by atoms with van der Waals surface area (Å²) in [4.78, 5) is 12.1. The van der Waals surface area contributed by atoms with Gasteiger partial charge in [0.25, 0.3) is 0 Å². The van der Waals surface area contributed by atoms with E-state index in [4.69, 9.17) is 8.92 Å². The molecular weight excluding hydrogens is 650 g/mol. The Morgan fingerprint density at radius 1 is 0.810 bits per heavy atom. The molecule has 20 heteroatoms. The van der Waals surface area contributed by atoms with E-state index in [-0.39, 0.29) is 11.7 Å². The van der Waals surface area contributed by atoms with Crippen molar-refractivity contribution >= 4 is 36.3 Å². The topological polar surface area (TPSA) is 170 Å². The molecular formula is C22H21F6O11S3-. The van der Waals surface area contributed by atoms with Crippen molar-refractivity contribution in [3.05, 3.63) is 59.7 Å². The molecule has 0 amide bonds. The van der Waals surface area contributed by atoms with Crippen LogP contribution in [0.15, 0.2) is 48.5 Å². The smallest absolute Gasteiger partial charge is 0.450 e. The molecule has 11 nitrogen and oxygen atoms in total. The van der Waals surface area contributed by atoms with Gasteiger partial charge in [-0.25, -0.2) is 13.2 Å². The maximum absolute atomic E-state index is 13.9. The highest BCUT2D eigenvalue weighted by Gasteiger charge is 2.81. The van der Waals surface area contributed by atoms with Crippen LogP contribution in [0.25, 0.3) is 0 Å². The number of carbonyl (C=O) groups excluding carboxylic acids is 1. The Kier molecular flexibility index (Phi) is 10.2. The number of esters is 1. The van der Waals surface area contributed by atoms with Crippen LogP contribution < -0.4 is 8.37 Å². The lowest BCUT2D eigenvalue weighted by Crippen LogP contribution is -2.61. The Balaban J connectivity index is 2.03. The minimum Gasteiger partial charge on any atom is -0.743 e. The molecule has 0 radical (unpaired) electrons. The highest BCUT2D eigenvalue weighted by molar-refractivity contribution is 7.89. The fraction of sp³-hybridized carbons (Fsp3) is 0.409. The van der Waals surface area contributed by atoms with E-state index in [1.165, 1.54) is 12.1 Å². The van der Waals surface area contributed by atoms with Gasteiger partial charge >= 0.3 is 42.6 Å². The van der Waals surface area contributed by atoms with E-state index in [0.29, 0.717) is 24.3 Å². The number of hydrogen-bond acceptors (Lipinski definition) is 11. The molecule has 0 heterocycles. The molecule has 236 valence electrons. The Bertz CT molecular complexity index is 1590. The Morgan fingerprint density at radius 3 is 1.76 bits per heavy atom. The first-order valence-corrected chi connectivity index (χ1v) is 15.7. The fourth-order valence-electron chi connectivity index (χ4n) is 2.90. The number of ether oxygens (including phenoxy) is 1. The van der Waals surface area contributed by atoms with E-state index in [1.54, 1.807) is 12.1 Å². The van der Waals surface area contributed by atoms with Crippen LogP contribution in [0.3, 0.4) is 0 Å². The second-order valence-corrected chi connectivity index (χ2v) is 13.2. The van der Waals surface area contributed by atoms with Crippen LogP contribution in [0.2, 0.25) is 0 Å². The second-order valence-electron chi connectivity index (χ2n) is 8.48. The quantitative estimate of drug-likeness (QED) is 0.124. The van der Waals surface area contributed by atoms with Gasteiger partial charge in [0, 0.05) is 0 Å². The van der Waals surface area contributed by atoms with Crippen molar-refractivity contribution in [1.29, 1.82) is 0 Å². The monoisotopic (exact) mass is 671 g/mol. The average molecular weight is 672 g/mol. The van der Waals surface area contributed by atoms with Gasteiger partial charge in [-0.3, -0.25) is 0 Å². The Hall–Kier alpha value is -3.10. The Labute approximate surface area is 236 Å². The summed E-state index contributed by atoms with van der Waals surface area (Å²) >= 11 is 0. The van der Waals surface area contributed by atoms with Gasteiger partial charge in [-0.15, -0.1) is 0 Å². The van der Waals surface area contributed by atoms with Crippen LogP contribution in [0.5, 0.6) is 11.5 Å². The average Bonchev–Trinajstić information content (AvgIpc) is 2.87. The molecule has 0 aliphatic carbocycles. The van der Waals surface area contributed by atoms with Gasteiger partial charge in [-0.05, 0) is 54.3 Å². The summed E-state index contributed by atoms with van der Waals surface area (Å²) in [7, 11) is -18.8. The maximum Gasteiger partial charge on any atom is 0.450 e. The van der Waals surface area contributed by atoms with Gasteiger partial charge < -0.3 is 17.7 Å². The van der Waals surface area contributed by atoms with E-state index in [9.17, 15) is 60.9 Å². The van der Waals surface area contributed by atoms with Crippen molar-refractivity contribution < 1.29 is 74.0 Å². The number of rotatable bonds is 14. The molecule has 0 aromatic heterocycles. The zero-order chi connectivity index (χ0) is 32.4. The third-order valence-corrected chi connectivity index (χ3v) is 8.80. The molecule has 2 rings (SSSR count). The summed E-state index contributed by atoms with van der Waals surface area (Å²) in [6, 6.07) is 8.36. The van der Waals surface area contributed by atoms with E-state index >= 15 is 0 Å². The predicted molar refractivity (Wildman–Crippen MR) is 130 cm³/mol. The van der Waals surface area contributed by atoms with Crippen LogP contribution in [0.1, 0.15) is 42.1 Å². The summed E-state index contributed by atoms with van der Waals surface area (Å²) in [5.74, 6) is -10.3. The van der Waals surface area contributed by atoms with Crippen molar-refractivity contribution in [2.75, 3.05) is 12.4 Å². The van der Waals surface area contributed by atoms with Crippen molar-refractivity contribution in [3.8, 4) is 11.5 Å². The molecule has 1 atom stereocenters. The largest absolute Gasteiger partial charge is 0.743 e. The maximum atomic E-state index is 13.9. The highest BCUT2D eigenvalue weighted by Crippen LogP contribution is 2.50. The van der Waals surface area contributed by atoms with Crippen LogP contribution in [-0.4, -0.2) is 64.6 Å². The summed E-state index contributed by atoms with van der Waals surface area (Å²) in [5, 5.41) is -14.0. The SMILES string of the molecule is CCC(C)c1ccc(OS(=O)(=O)CCOC(=O)c2ccc(OS(=O)(=O)C(F)(F)C(F)(F)C(F)(F)S(=O)(=O)[O-])cc2)cc1. The molecule has 0 bridgehead atoms. The molecule has 0 aliphatic heterocycles. The second kappa shape index (κ2) is 12.3. The van der Waals surface area contributed by atoms with Gasteiger partial charge in [0.05, 0.1) is 5.56 Å². The number of benzene rings is 2. The van der Waals surface area contributed by atoms with E-state index in [1.807, 2.05) is 13.8 Å².